The number of hydrogen-bond donors (Lipinski definition) is 1. The van der Waals surface area contributed by atoms with Crippen LogP contribution in [0.1, 0.15) is 10.4 Å². The highest BCUT2D eigenvalue weighted by Gasteiger charge is 2.07. The summed E-state index contributed by atoms with van der Waals surface area (Å²) in [7, 11) is 1.54. The van der Waals surface area contributed by atoms with Crippen molar-refractivity contribution >= 4 is 27.5 Å². The van der Waals surface area contributed by atoms with Crippen LogP contribution in [0.15, 0.2) is 59.5 Å². The summed E-state index contributed by atoms with van der Waals surface area (Å²) in [5.41, 5.74) is 2.03. The number of nitrogens with zero attached hydrogens (tertiary/aromatic N) is 3. The summed E-state index contributed by atoms with van der Waals surface area (Å²) in [6, 6.07) is 10.6. The number of amides is 1. The van der Waals surface area contributed by atoms with E-state index in [9.17, 15) is 4.79 Å². The van der Waals surface area contributed by atoms with E-state index in [4.69, 9.17) is 4.74 Å². The van der Waals surface area contributed by atoms with Gasteiger partial charge in [-0.2, -0.15) is 5.10 Å². The van der Waals surface area contributed by atoms with E-state index in [2.05, 4.69) is 31.3 Å². The van der Waals surface area contributed by atoms with Crippen molar-refractivity contribution < 1.29 is 9.53 Å². The molecule has 1 aromatic carbocycles. The van der Waals surface area contributed by atoms with Gasteiger partial charge in [-0.05, 0) is 46.3 Å². The smallest absolute Gasteiger partial charge is 0.255 e. The van der Waals surface area contributed by atoms with Gasteiger partial charge in [0.15, 0.2) is 0 Å². The summed E-state index contributed by atoms with van der Waals surface area (Å²) >= 11 is 3.35. The summed E-state index contributed by atoms with van der Waals surface area (Å²) in [5.74, 6) is 0.294. The molecule has 0 spiro atoms. The summed E-state index contributed by atoms with van der Waals surface area (Å²) in [4.78, 5) is 16.3. The van der Waals surface area contributed by atoms with Crippen molar-refractivity contribution in [3.63, 3.8) is 0 Å². The van der Waals surface area contributed by atoms with E-state index in [1.165, 1.54) is 0 Å². The highest BCUT2D eigenvalue weighted by molar-refractivity contribution is 9.10. The van der Waals surface area contributed by atoms with E-state index in [1.54, 1.807) is 48.5 Å². The maximum atomic E-state index is 12.2. The fraction of sp³-hybridized carbons (Fsp3) is 0.0625. The molecule has 0 saturated carbocycles. The summed E-state index contributed by atoms with van der Waals surface area (Å²) in [6.07, 6.45) is 5.10. The van der Waals surface area contributed by atoms with Gasteiger partial charge in [-0.25, -0.2) is 9.67 Å². The van der Waals surface area contributed by atoms with Crippen LogP contribution in [-0.4, -0.2) is 27.8 Å². The van der Waals surface area contributed by atoms with Crippen LogP contribution >= 0.6 is 15.9 Å². The van der Waals surface area contributed by atoms with E-state index >= 15 is 0 Å². The van der Waals surface area contributed by atoms with E-state index in [1.807, 2.05) is 18.3 Å². The lowest BCUT2D eigenvalue weighted by atomic mass is 10.2. The summed E-state index contributed by atoms with van der Waals surface area (Å²) < 4.78 is 7.60. The molecule has 6 nitrogen and oxygen atoms in total. The zero-order chi connectivity index (χ0) is 16.2. The molecule has 3 aromatic rings. The third kappa shape index (κ3) is 3.57. The van der Waals surface area contributed by atoms with Crippen LogP contribution in [-0.2, 0) is 0 Å². The zero-order valence-corrected chi connectivity index (χ0v) is 13.8. The maximum Gasteiger partial charge on any atom is 0.255 e. The normalized spacial score (nSPS) is 10.3. The topological polar surface area (TPSA) is 69.0 Å². The van der Waals surface area contributed by atoms with Gasteiger partial charge in [0.25, 0.3) is 5.91 Å². The van der Waals surface area contributed by atoms with Gasteiger partial charge < -0.3 is 10.1 Å². The first kappa shape index (κ1) is 15.2. The van der Waals surface area contributed by atoms with Gasteiger partial charge in [-0.15, -0.1) is 0 Å². The highest BCUT2D eigenvalue weighted by atomic mass is 79.9. The zero-order valence-electron chi connectivity index (χ0n) is 12.2. The molecular weight excluding hydrogens is 360 g/mol. The molecule has 3 rings (SSSR count). The van der Waals surface area contributed by atoms with E-state index < -0.39 is 0 Å². The predicted molar refractivity (Wildman–Crippen MR) is 90.0 cm³/mol. The Morgan fingerprint density at radius 3 is 2.52 bits per heavy atom. The van der Waals surface area contributed by atoms with Crippen LogP contribution in [0.4, 0.5) is 5.69 Å². The quantitative estimate of drug-likeness (QED) is 0.762. The number of hydrogen-bond acceptors (Lipinski definition) is 4. The van der Waals surface area contributed by atoms with Crippen molar-refractivity contribution in [2.45, 2.75) is 0 Å². The first-order valence-electron chi connectivity index (χ1n) is 6.78. The standard InChI is InChI=1S/C16H13BrN4O2/c1-23-15-7-4-13(9-18-15)20-16(22)11-2-5-14(6-3-11)21-10-12(17)8-19-21/h2-10H,1H3,(H,20,22). The Kier molecular flexibility index (Phi) is 4.38. The Balaban J connectivity index is 1.72. The molecule has 2 aromatic heterocycles. The van der Waals surface area contributed by atoms with Crippen molar-refractivity contribution in [2.24, 2.45) is 0 Å². The number of carbonyl (C=O) groups is 1. The molecule has 0 aliphatic rings. The van der Waals surface area contributed by atoms with Gasteiger partial charge in [0.2, 0.25) is 5.88 Å². The third-order valence-electron chi connectivity index (χ3n) is 3.15. The van der Waals surface area contributed by atoms with Crippen molar-refractivity contribution in [1.29, 1.82) is 0 Å². The van der Waals surface area contributed by atoms with E-state index in [0.717, 1.165) is 10.2 Å². The molecule has 0 saturated heterocycles. The minimum Gasteiger partial charge on any atom is -0.481 e. The SMILES string of the molecule is COc1ccc(NC(=O)c2ccc(-n3cc(Br)cn3)cc2)cn1. The number of anilines is 1. The maximum absolute atomic E-state index is 12.2. The van der Waals surface area contributed by atoms with Crippen LogP contribution in [0, 0.1) is 0 Å². The van der Waals surface area contributed by atoms with E-state index in [-0.39, 0.29) is 5.91 Å². The molecule has 0 aliphatic heterocycles. The molecule has 0 fully saturated rings. The largest absolute Gasteiger partial charge is 0.481 e. The molecular formula is C16H13BrN4O2. The molecule has 1 N–H and O–H groups in total. The monoisotopic (exact) mass is 372 g/mol. The number of benzene rings is 1. The van der Waals surface area contributed by atoms with Crippen LogP contribution in [0.3, 0.4) is 0 Å². The Hall–Kier alpha value is -2.67. The molecule has 0 radical (unpaired) electrons. The van der Waals surface area contributed by atoms with Gasteiger partial charge in [-0.1, -0.05) is 0 Å². The van der Waals surface area contributed by atoms with Gasteiger partial charge >= 0.3 is 0 Å². The minimum atomic E-state index is -0.204. The van der Waals surface area contributed by atoms with E-state index in [0.29, 0.717) is 17.1 Å². The number of pyridine rings is 1. The van der Waals surface area contributed by atoms with Crippen molar-refractivity contribution in [3.05, 3.63) is 65.0 Å². The molecule has 1 amide bonds. The van der Waals surface area contributed by atoms with Crippen molar-refractivity contribution in [1.82, 2.24) is 14.8 Å². The number of methoxy groups -OCH3 is 1. The molecule has 7 heteroatoms. The lowest BCUT2D eigenvalue weighted by Gasteiger charge is -2.07. The molecule has 0 unspecified atom stereocenters. The van der Waals surface area contributed by atoms with Crippen LogP contribution in [0.2, 0.25) is 0 Å². The molecule has 0 bridgehead atoms. The minimum absolute atomic E-state index is 0.204. The molecule has 116 valence electrons. The van der Waals surface area contributed by atoms with Crippen molar-refractivity contribution in [3.8, 4) is 11.6 Å². The van der Waals surface area contributed by atoms with Crippen LogP contribution < -0.4 is 10.1 Å². The Morgan fingerprint density at radius 1 is 1.17 bits per heavy atom. The number of rotatable bonds is 4. The van der Waals surface area contributed by atoms with Gasteiger partial charge in [-0.3, -0.25) is 4.79 Å². The Bertz CT molecular complexity index is 813. The fourth-order valence-electron chi connectivity index (χ4n) is 1.99. The Morgan fingerprint density at radius 2 is 1.96 bits per heavy atom. The van der Waals surface area contributed by atoms with Crippen LogP contribution in [0.25, 0.3) is 5.69 Å². The summed E-state index contributed by atoms with van der Waals surface area (Å²) in [5, 5.41) is 6.98. The fourth-order valence-corrected chi connectivity index (χ4v) is 2.27. The number of ether oxygens (including phenoxy) is 1. The van der Waals surface area contributed by atoms with Gasteiger partial charge in [0.05, 0.1) is 35.4 Å². The molecule has 23 heavy (non-hydrogen) atoms. The third-order valence-corrected chi connectivity index (χ3v) is 3.56. The molecule has 0 atom stereocenters. The number of carbonyl (C=O) groups excluding carboxylic acids is 1. The van der Waals surface area contributed by atoms with Crippen molar-refractivity contribution in [2.75, 3.05) is 12.4 Å². The highest BCUT2D eigenvalue weighted by Crippen LogP contribution is 2.15. The van der Waals surface area contributed by atoms with Gasteiger partial charge in [0, 0.05) is 17.8 Å². The number of nitrogens with one attached hydrogen (secondary N) is 1. The van der Waals surface area contributed by atoms with Gasteiger partial charge in [0.1, 0.15) is 0 Å². The molecule has 0 aliphatic carbocycles. The second kappa shape index (κ2) is 6.62. The summed E-state index contributed by atoms with van der Waals surface area (Å²) in [6.45, 7) is 0. The second-order valence-electron chi connectivity index (χ2n) is 4.69. The first-order valence-corrected chi connectivity index (χ1v) is 7.57. The second-order valence-corrected chi connectivity index (χ2v) is 5.61. The number of aromatic nitrogens is 3. The molecule has 2 heterocycles. The predicted octanol–water partition coefficient (Wildman–Crippen LogP) is 3.29. The number of halogens is 1. The Labute approximate surface area is 141 Å². The lowest BCUT2D eigenvalue weighted by molar-refractivity contribution is 0.102. The van der Waals surface area contributed by atoms with Crippen LogP contribution in [0.5, 0.6) is 5.88 Å². The average Bonchev–Trinajstić information content (AvgIpc) is 3.02. The first-order chi connectivity index (χ1) is 11.2. The lowest BCUT2D eigenvalue weighted by Crippen LogP contribution is -2.12. The average molecular weight is 373 g/mol.